The van der Waals surface area contributed by atoms with E-state index in [2.05, 4.69) is 43.6 Å². The van der Waals surface area contributed by atoms with Crippen LogP contribution in [0.5, 0.6) is 0 Å². The number of fused-ring (bicyclic) bond motifs is 2. The van der Waals surface area contributed by atoms with E-state index in [4.69, 9.17) is 5.21 Å². The number of hydrogen-bond donors (Lipinski definition) is 3. The Balaban J connectivity index is 1.35. The van der Waals surface area contributed by atoms with E-state index in [1.807, 2.05) is 42.6 Å². The van der Waals surface area contributed by atoms with Crippen molar-refractivity contribution < 1.29 is 5.21 Å². The Labute approximate surface area is 181 Å². The zero-order valence-electron chi connectivity index (χ0n) is 17.3. The van der Waals surface area contributed by atoms with Crippen LogP contribution in [0, 0.1) is 0 Å². The number of benzene rings is 2. The molecule has 156 valence electrons. The largest absolute Gasteiger partial charge is 0.411 e. The van der Waals surface area contributed by atoms with Crippen molar-refractivity contribution >= 4 is 17.2 Å². The molecule has 6 nitrogen and oxygen atoms in total. The number of aryl methyl sites for hydroxylation is 1. The minimum absolute atomic E-state index is 0.400. The molecule has 1 aliphatic rings. The lowest BCUT2D eigenvalue weighted by Gasteiger charge is -2.26. The second kappa shape index (κ2) is 8.70. The number of oxime groups is 1. The van der Waals surface area contributed by atoms with Crippen LogP contribution in [0.2, 0.25) is 0 Å². The first-order valence-corrected chi connectivity index (χ1v) is 10.7. The highest BCUT2D eigenvalue weighted by Crippen LogP contribution is 2.34. The summed E-state index contributed by atoms with van der Waals surface area (Å²) in [7, 11) is 0. The first kappa shape index (κ1) is 19.5. The van der Waals surface area contributed by atoms with Crippen LogP contribution < -0.4 is 5.32 Å². The summed E-state index contributed by atoms with van der Waals surface area (Å²) in [6.07, 6.45) is 6.44. The molecule has 0 aliphatic heterocycles. The minimum Gasteiger partial charge on any atom is -0.411 e. The molecule has 2 aromatic carbocycles. The number of pyridine rings is 1. The fraction of sp³-hybridized carbons (Fsp3) is 0.240. The van der Waals surface area contributed by atoms with Gasteiger partial charge in [0.05, 0.1) is 23.8 Å². The maximum Gasteiger partial charge on any atom is 0.121 e. The minimum atomic E-state index is 0.400. The van der Waals surface area contributed by atoms with Gasteiger partial charge in [0.1, 0.15) is 5.82 Å². The van der Waals surface area contributed by atoms with E-state index in [0.29, 0.717) is 12.5 Å². The third kappa shape index (κ3) is 4.20. The van der Waals surface area contributed by atoms with Gasteiger partial charge in [-0.05, 0) is 71.7 Å². The average molecular weight is 412 g/mol. The number of para-hydroxylation sites is 2. The number of hydrogen-bond acceptors (Lipinski definition) is 5. The van der Waals surface area contributed by atoms with Crippen LogP contribution in [-0.4, -0.2) is 26.4 Å². The highest BCUT2D eigenvalue weighted by molar-refractivity contribution is 5.79. The number of aromatic amines is 1. The van der Waals surface area contributed by atoms with E-state index in [-0.39, 0.29) is 0 Å². The van der Waals surface area contributed by atoms with Gasteiger partial charge in [-0.2, -0.15) is 0 Å². The summed E-state index contributed by atoms with van der Waals surface area (Å²) in [5.41, 5.74) is 8.06. The van der Waals surface area contributed by atoms with Gasteiger partial charge in [-0.15, -0.1) is 0 Å². The van der Waals surface area contributed by atoms with Gasteiger partial charge in [-0.1, -0.05) is 35.5 Å². The molecule has 1 aliphatic carbocycles. The number of nitrogens with one attached hydrogen (secondary N) is 2. The molecule has 0 saturated heterocycles. The summed E-state index contributed by atoms with van der Waals surface area (Å²) in [5, 5.41) is 15.7. The summed E-state index contributed by atoms with van der Waals surface area (Å²) < 4.78 is 0. The van der Waals surface area contributed by atoms with Gasteiger partial charge in [0, 0.05) is 18.4 Å². The Morgan fingerprint density at radius 1 is 1.13 bits per heavy atom. The van der Waals surface area contributed by atoms with Crippen molar-refractivity contribution in [2.24, 2.45) is 5.16 Å². The Hall–Kier alpha value is -3.51. The van der Waals surface area contributed by atoms with E-state index < -0.39 is 0 Å². The summed E-state index contributed by atoms with van der Waals surface area (Å²) in [6, 6.07) is 18.6. The molecule has 0 fully saturated rings. The van der Waals surface area contributed by atoms with Gasteiger partial charge in [-0.25, -0.2) is 4.98 Å². The van der Waals surface area contributed by atoms with E-state index in [1.54, 1.807) is 0 Å². The fourth-order valence-corrected chi connectivity index (χ4v) is 4.52. The second-order valence-corrected chi connectivity index (χ2v) is 8.06. The lowest BCUT2D eigenvalue weighted by molar-refractivity contribution is 0.322. The number of aromatic nitrogens is 3. The molecule has 1 atom stereocenters. The van der Waals surface area contributed by atoms with Crippen molar-refractivity contribution in [2.75, 3.05) is 0 Å². The van der Waals surface area contributed by atoms with Gasteiger partial charge in [0.15, 0.2) is 0 Å². The van der Waals surface area contributed by atoms with Crippen LogP contribution >= 0.6 is 0 Å². The molecular formula is C25H25N5O. The van der Waals surface area contributed by atoms with E-state index in [1.165, 1.54) is 28.6 Å². The lowest BCUT2D eigenvalue weighted by atomic mass is 9.80. The maximum atomic E-state index is 8.98. The van der Waals surface area contributed by atoms with Crippen LogP contribution in [0.4, 0.5) is 0 Å². The molecule has 0 radical (unpaired) electrons. The molecule has 6 heteroatoms. The lowest BCUT2D eigenvalue weighted by Crippen LogP contribution is -2.19. The number of H-pyrrole nitrogens is 1. The number of imidazole rings is 1. The molecule has 0 saturated carbocycles. The monoisotopic (exact) mass is 411 g/mol. The zero-order chi connectivity index (χ0) is 21.0. The van der Waals surface area contributed by atoms with Crippen LogP contribution in [0.1, 0.15) is 46.1 Å². The topological polar surface area (TPSA) is 86.2 Å². The van der Waals surface area contributed by atoms with E-state index in [0.717, 1.165) is 48.2 Å². The Morgan fingerprint density at radius 3 is 2.97 bits per heavy atom. The first-order chi connectivity index (χ1) is 15.3. The highest BCUT2D eigenvalue weighted by Gasteiger charge is 2.23. The predicted octanol–water partition coefficient (Wildman–Crippen LogP) is 4.33. The summed E-state index contributed by atoms with van der Waals surface area (Å²) in [4.78, 5) is 12.6. The Morgan fingerprint density at radius 2 is 2.06 bits per heavy atom. The Kier molecular flexibility index (Phi) is 5.46. The molecule has 31 heavy (non-hydrogen) atoms. The molecule has 0 spiro atoms. The maximum absolute atomic E-state index is 8.98. The molecule has 0 amide bonds. The molecule has 2 heterocycles. The standard InChI is InChI=1S/C25H25N5O/c31-28-14-17-7-8-20(15-26-16-25-29-22-5-1-2-6-23(22)30-25)21(12-17)19-10-9-18-4-3-11-27-24(18)13-19/h1-8,11-12,14,19,26,31H,9-10,13,15-16H2,(H,29,30)/b28-14+. The van der Waals surface area contributed by atoms with Crippen molar-refractivity contribution in [1.29, 1.82) is 0 Å². The quantitative estimate of drug-likeness (QED) is 0.250. The van der Waals surface area contributed by atoms with Gasteiger partial charge in [0.25, 0.3) is 0 Å². The molecular weight excluding hydrogens is 386 g/mol. The molecule has 2 aromatic heterocycles. The van der Waals surface area contributed by atoms with Crippen LogP contribution in [0.25, 0.3) is 11.0 Å². The van der Waals surface area contributed by atoms with Crippen molar-refractivity contribution in [1.82, 2.24) is 20.3 Å². The molecule has 5 rings (SSSR count). The van der Waals surface area contributed by atoms with Crippen LogP contribution in [0.15, 0.2) is 65.9 Å². The second-order valence-electron chi connectivity index (χ2n) is 8.06. The van der Waals surface area contributed by atoms with Gasteiger partial charge in [0.2, 0.25) is 0 Å². The van der Waals surface area contributed by atoms with Gasteiger partial charge in [-0.3, -0.25) is 4.98 Å². The van der Waals surface area contributed by atoms with Crippen molar-refractivity contribution in [3.8, 4) is 0 Å². The first-order valence-electron chi connectivity index (χ1n) is 10.7. The van der Waals surface area contributed by atoms with E-state index in [9.17, 15) is 0 Å². The summed E-state index contributed by atoms with van der Waals surface area (Å²) in [6.45, 7) is 1.41. The molecule has 1 unspecified atom stereocenters. The van der Waals surface area contributed by atoms with Crippen molar-refractivity contribution in [3.63, 3.8) is 0 Å². The van der Waals surface area contributed by atoms with Crippen LogP contribution in [-0.2, 0) is 25.9 Å². The summed E-state index contributed by atoms with van der Waals surface area (Å²) in [5.74, 6) is 1.33. The van der Waals surface area contributed by atoms with Crippen LogP contribution in [0.3, 0.4) is 0 Å². The third-order valence-electron chi connectivity index (χ3n) is 6.05. The smallest absolute Gasteiger partial charge is 0.121 e. The Bertz CT molecular complexity index is 1200. The number of nitrogens with zero attached hydrogens (tertiary/aromatic N) is 3. The van der Waals surface area contributed by atoms with E-state index >= 15 is 0 Å². The SMILES string of the molecule is O/N=C/c1ccc(CNCc2nc3ccccc3[nH]2)c(C2CCc3cccnc3C2)c1. The molecule has 3 N–H and O–H groups in total. The van der Waals surface area contributed by atoms with Crippen molar-refractivity contribution in [3.05, 3.63) is 94.6 Å². The molecule has 0 bridgehead atoms. The predicted molar refractivity (Wildman–Crippen MR) is 121 cm³/mol. The zero-order valence-corrected chi connectivity index (χ0v) is 17.3. The highest BCUT2D eigenvalue weighted by atomic mass is 16.4. The number of rotatable bonds is 6. The van der Waals surface area contributed by atoms with Gasteiger partial charge >= 0.3 is 0 Å². The third-order valence-corrected chi connectivity index (χ3v) is 6.05. The van der Waals surface area contributed by atoms with Crippen molar-refractivity contribution in [2.45, 2.75) is 38.3 Å². The average Bonchev–Trinajstić information content (AvgIpc) is 3.22. The molecule has 4 aromatic rings. The summed E-state index contributed by atoms with van der Waals surface area (Å²) >= 11 is 0. The normalized spacial score (nSPS) is 16.1. The van der Waals surface area contributed by atoms with Gasteiger partial charge < -0.3 is 15.5 Å². The fourth-order valence-electron chi connectivity index (χ4n) is 4.52.